The first-order valence-electron chi connectivity index (χ1n) is 11.0. The molecule has 8 heteroatoms. The van der Waals surface area contributed by atoms with Gasteiger partial charge in [-0.25, -0.2) is 4.79 Å². The van der Waals surface area contributed by atoms with Crippen LogP contribution in [0.2, 0.25) is 0 Å². The van der Waals surface area contributed by atoms with Gasteiger partial charge in [-0.3, -0.25) is 19.1 Å². The number of anilines is 2. The van der Waals surface area contributed by atoms with E-state index >= 15 is 0 Å². The molecule has 0 fully saturated rings. The molecule has 1 heterocycles. The molecule has 0 unspecified atom stereocenters. The van der Waals surface area contributed by atoms with Crippen molar-refractivity contribution >= 4 is 29.2 Å². The largest absolute Gasteiger partial charge is 0.383 e. The average molecular weight is 467 g/mol. The number of hydrogen-bond acceptors (Lipinski definition) is 5. The van der Waals surface area contributed by atoms with Crippen LogP contribution < -0.4 is 21.9 Å². The fraction of sp³-hybridized carbons (Fsp3) is 0.320. The number of thioether (sulfide) groups is 1. The molecule has 33 heavy (non-hydrogen) atoms. The standard InChI is InChI=1S/C25H30N4O3S/c1-18(2)13-14-28(21(30)17-33-16-20-11-7-4-8-12-20)22-23(26)29(25(32)27-24(22)31)15-19-9-5-3-6-10-19/h3-12,18H,13-17,26H2,1-2H3,(H,27,31,32). The Labute approximate surface area is 197 Å². The second kappa shape index (κ2) is 11.6. The first-order chi connectivity index (χ1) is 15.9. The third-order valence-electron chi connectivity index (χ3n) is 5.24. The molecule has 174 valence electrons. The van der Waals surface area contributed by atoms with Crippen LogP contribution in [-0.2, 0) is 17.1 Å². The van der Waals surface area contributed by atoms with Crippen LogP contribution in [0.5, 0.6) is 0 Å². The number of nitrogen functional groups attached to an aromatic ring is 1. The van der Waals surface area contributed by atoms with Crippen molar-refractivity contribution < 1.29 is 4.79 Å². The maximum Gasteiger partial charge on any atom is 0.330 e. The molecule has 0 saturated carbocycles. The zero-order valence-corrected chi connectivity index (χ0v) is 19.8. The monoisotopic (exact) mass is 466 g/mol. The predicted molar refractivity (Wildman–Crippen MR) is 136 cm³/mol. The highest BCUT2D eigenvalue weighted by molar-refractivity contribution is 7.99. The minimum Gasteiger partial charge on any atom is -0.383 e. The lowest BCUT2D eigenvalue weighted by Crippen LogP contribution is -2.42. The van der Waals surface area contributed by atoms with Crippen molar-refractivity contribution in [3.63, 3.8) is 0 Å². The number of nitrogens with two attached hydrogens (primary N) is 1. The summed E-state index contributed by atoms with van der Waals surface area (Å²) >= 11 is 1.48. The molecule has 0 saturated heterocycles. The van der Waals surface area contributed by atoms with E-state index in [-0.39, 0.29) is 29.7 Å². The van der Waals surface area contributed by atoms with Gasteiger partial charge in [-0.05, 0) is 23.5 Å². The highest BCUT2D eigenvalue weighted by Gasteiger charge is 2.24. The van der Waals surface area contributed by atoms with E-state index in [2.05, 4.69) is 18.8 Å². The number of nitrogens with zero attached hydrogens (tertiary/aromatic N) is 2. The van der Waals surface area contributed by atoms with Crippen LogP contribution in [0.25, 0.3) is 0 Å². The molecule has 0 aliphatic heterocycles. The average Bonchev–Trinajstić information content (AvgIpc) is 2.80. The van der Waals surface area contributed by atoms with E-state index in [1.165, 1.54) is 21.2 Å². The van der Waals surface area contributed by atoms with Gasteiger partial charge in [-0.1, -0.05) is 74.5 Å². The van der Waals surface area contributed by atoms with Crippen molar-refractivity contribution in [3.8, 4) is 0 Å². The van der Waals surface area contributed by atoms with Gasteiger partial charge in [0, 0.05) is 12.3 Å². The first kappa shape index (κ1) is 24.4. The summed E-state index contributed by atoms with van der Waals surface area (Å²) in [6.45, 7) is 4.65. The maximum absolute atomic E-state index is 13.2. The van der Waals surface area contributed by atoms with Crippen LogP contribution in [0.15, 0.2) is 70.3 Å². The molecular formula is C25H30N4O3S. The molecule has 0 bridgehead atoms. The van der Waals surface area contributed by atoms with Crippen molar-refractivity contribution in [2.75, 3.05) is 22.9 Å². The fourth-order valence-corrected chi connectivity index (χ4v) is 4.28. The fourth-order valence-electron chi connectivity index (χ4n) is 3.42. The Kier molecular flexibility index (Phi) is 8.54. The number of H-pyrrole nitrogens is 1. The molecule has 0 aliphatic carbocycles. The van der Waals surface area contributed by atoms with Gasteiger partial charge in [0.15, 0.2) is 5.69 Å². The number of nitrogens with one attached hydrogen (secondary N) is 1. The van der Waals surface area contributed by atoms with E-state index in [0.29, 0.717) is 24.6 Å². The maximum atomic E-state index is 13.2. The second-order valence-corrected chi connectivity index (χ2v) is 9.26. The van der Waals surface area contributed by atoms with Crippen molar-refractivity contribution in [2.24, 2.45) is 5.92 Å². The van der Waals surface area contributed by atoms with Gasteiger partial charge >= 0.3 is 5.69 Å². The summed E-state index contributed by atoms with van der Waals surface area (Å²) in [5, 5.41) is 0. The predicted octanol–water partition coefficient (Wildman–Crippen LogP) is 3.48. The Bertz CT molecular complexity index is 1170. The lowest BCUT2D eigenvalue weighted by molar-refractivity contribution is -0.116. The van der Waals surface area contributed by atoms with E-state index in [1.807, 2.05) is 60.7 Å². The van der Waals surface area contributed by atoms with Crippen molar-refractivity contribution in [2.45, 2.75) is 32.6 Å². The quantitative estimate of drug-likeness (QED) is 0.476. The van der Waals surface area contributed by atoms with E-state index < -0.39 is 11.2 Å². The molecule has 0 aliphatic rings. The molecule has 3 N–H and O–H groups in total. The van der Waals surface area contributed by atoms with E-state index in [9.17, 15) is 14.4 Å². The number of hydrogen-bond donors (Lipinski definition) is 2. The van der Waals surface area contributed by atoms with Gasteiger partial charge in [0.2, 0.25) is 5.91 Å². The summed E-state index contributed by atoms with van der Waals surface area (Å²) in [6.07, 6.45) is 0.700. The third-order valence-corrected chi connectivity index (χ3v) is 6.22. The normalized spacial score (nSPS) is 11.0. The Hall–Kier alpha value is -3.26. The van der Waals surface area contributed by atoms with Crippen molar-refractivity contribution in [3.05, 3.63) is 92.6 Å². The Morgan fingerprint density at radius 3 is 2.24 bits per heavy atom. The molecule has 0 radical (unpaired) electrons. The van der Waals surface area contributed by atoms with Crippen LogP contribution in [-0.4, -0.2) is 27.8 Å². The molecule has 0 atom stereocenters. The summed E-state index contributed by atoms with van der Waals surface area (Å²) in [7, 11) is 0. The highest BCUT2D eigenvalue weighted by atomic mass is 32.2. The molecule has 1 aromatic heterocycles. The Morgan fingerprint density at radius 1 is 1.03 bits per heavy atom. The van der Waals surface area contributed by atoms with Gasteiger partial charge < -0.3 is 10.6 Å². The van der Waals surface area contributed by atoms with Gasteiger partial charge in [0.1, 0.15) is 5.82 Å². The zero-order valence-electron chi connectivity index (χ0n) is 19.0. The molecule has 3 rings (SSSR count). The van der Waals surface area contributed by atoms with Crippen molar-refractivity contribution in [1.29, 1.82) is 0 Å². The van der Waals surface area contributed by atoms with Crippen molar-refractivity contribution in [1.82, 2.24) is 9.55 Å². The van der Waals surface area contributed by atoms with Crippen LogP contribution in [0.3, 0.4) is 0 Å². The number of aromatic amines is 1. The summed E-state index contributed by atoms with van der Waals surface area (Å²) in [6, 6.07) is 19.3. The number of benzene rings is 2. The minimum atomic E-state index is -0.646. The van der Waals surface area contributed by atoms with Crippen LogP contribution in [0.1, 0.15) is 31.4 Å². The Balaban J connectivity index is 1.88. The lowest BCUT2D eigenvalue weighted by atomic mass is 10.1. The molecular weight excluding hydrogens is 436 g/mol. The number of rotatable bonds is 10. The summed E-state index contributed by atoms with van der Waals surface area (Å²) in [5.74, 6) is 0.998. The molecule has 1 amide bonds. The molecule has 0 spiro atoms. The van der Waals surface area contributed by atoms with E-state index in [0.717, 1.165) is 11.1 Å². The number of carbonyl (C=O) groups is 1. The summed E-state index contributed by atoms with van der Waals surface area (Å²) in [4.78, 5) is 42.3. The van der Waals surface area contributed by atoms with Gasteiger partial charge in [-0.15, -0.1) is 11.8 Å². The van der Waals surface area contributed by atoms with Crippen LogP contribution in [0.4, 0.5) is 11.5 Å². The van der Waals surface area contributed by atoms with Crippen LogP contribution >= 0.6 is 11.8 Å². The van der Waals surface area contributed by atoms with Gasteiger partial charge in [-0.2, -0.15) is 0 Å². The number of amides is 1. The van der Waals surface area contributed by atoms with Gasteiger partial charge in [0.05, 0.1) is 12.3 Å². The van der Waals surface area contributed by atoms with E-state index in [1.54, 1.807) is 0 Å². The first-order valence-corrected chi connectivity index (χ1v) is 12.1. The lowest BCUT2D eigenvalue weighted by Gasteiger charge is -2.25. The molecule has 3 aromatic rings. The van der Waals surface area contributed by atoms with E-state index in [4.69, 9.17) is 5.73 Å². The smallest absolute Gasteiger partial charge is 0.330 e. The summed E-state index contributed by atoms with van der Waals surface area (Å²) < 4.78 is 1.30. The topological polar surface area (TPSA) is 101 Å². The Morgan fingerprint density at radius 2 is 1.64 bits per heavy atom. The third kappa shape index (κ3) is 6.61. The summed E-state index contributed by atoms with van der Waals surface area (Å²) in [5.41, 5.74) is 7.12. The SMILES string of the molecule is CC(C)CCN(C(=O)CSCc1ccccc1)c1c(N)n(Cc2ccccc2)c(=O)[nH]c1=O. The van der Waals surface area contributed by atoms with Gasteiger partial charge in [0.25, 0.3) is 5.56 Å². The zero-order chi connectivity index (χ0) is 23.8. The second-order valence-electron chi connectivity index (χ2n) is 8.27. The van der Waals surface area contributed by atoms with Crippen LogP contribution in [0, 0.1) is 5.92 Å². The molecule has 7 nitrogen and oxygen atoms in total. The number of carbonyl (C=O) groups excluding carboxylic acids is 1. The molecule has 2 aromatic carbocycles. The minimum absolute atomic E-state index is 0.00207. The number of aromatic nitrogens is 2. The highest BCUT2D eigenvalue weighted by Crippen LogP contribution is 2.21.